The molecular formula is C35H40N8. The lowest BCUT2D eigenvalue weighted by molar-refractivity contribution is 0.202. The molecule has 1 aliphatic heterocycles. The number of nitrogens with one attached hydrogen (secondary N) is 1. The molecular weight excluding hydrogens is 532 g/mol. The van der Waals surface area contributed by atoms with Gasteiger partial charge in [-0.2, -0.15) is 5.10 Å². The molecule has 8 heteroatoms. The maximum Gasteiger partial charge on any atom is 0.199 e. The summed E-state index contributed by atoms with van der Waals surface area (Å²) in [5.74, 6) is 3.04. The fourth-order valence-electron chi connectivity index (χ4n) is 5.68. The van der Waals surface area contributed by atoms with Crippen LogP contribution in [0.4, 0.5) is 5.82 Å². The molecule has 0 unspecified atom stereocenters. The van der Waals surface area contributed by atoms with Crippen molar-refractivity contribution in [2.45, 2.75) is 25.3 Å². The van der Waals surface area contributed by atoms with Crippen LogP contribution >= 0.6 is 0 Å². The van der Waals surface area contributed by atoms with Crippen LogP contribution in [0.2, 0.25) is 0 Å². The van der Waals surface area contributed by atoms with Crippen LogP contribution in [0.15, 0.2) is 91.3 Å². The van der Waals surface area contributed by atoms with E-state index in [4.69, 9.17) is 9.97 Å². The molecule has 1 fully saturated rings. The monoisotopic (exact) mass is 572 g/mol. The quantitative estimate of drug-likeness (QED) is 0.221. The summed E-state index contributed by atoms with van der Waals surface area (Å²) < 4.78 is 0. The second-order valence-electron chi connectivity index (χ2n) is 11.7. The predicted molar refractivity (Wildman–Crippen MR) is 174 cm³/mol. The van der Waals surface area contributed by atoms with E-state index in [-0.39, 0.29) is 0 Å². The maximum absolute atomic E-state index is 4.85. The van der Waals surface area contributed by atoms with Gasteiger partial charge in [0, 0.05) is 50.6 Å². The Bertz CT molecular complexity index is 1590. The molecule has 1 aliphatic rings. The van der Waals surface area contributed by atoms with E-state index in [2.05, 4.69) is 112 Å². The number of piperidine rings is 1. The van der Waals surface area contributed by atoms with Gasteiger partial charge in [-0.05, 0) is 80.5 Å². The Labute approximate surface area is 254 Å². The molecule has 3 aromatic heterocycles. The van der Waals surface area contributed by atoms with Crippen LogP contribution in [0.25, 0.3) is 33.8 Å². The van der Waals surface area contributed by atoms with Crippen molar-refractivity contribution in [1.82, 2.24) is 34.9 Å². The van der Waals surface area contributed by atoms with Crippen molar-refractivity contribution in [2.24, 2.45) is 0 Å². The molecule has 0 radical (unpaired) electrons. The Morgan fingerprint density at radius 3 is 2.28 bits per heavy atom. The number of aromatic amines is 1. The third kappa shape index (κ3) is 6.98. The van der Waals surface area contributed by atoms with E-state index in [9.17, 15) is 0 Å². The van der Waals surface area contributed by atoms with Gasteiger partial charge in [0.25, 0.3) is 0 Å². The van der Waals surface area contributed by atoms with Crippen LogP contribution in [0, 0.1) is 0 Å². The molecule has 2 aromatic carbocycles. The minimum atomic E-state index is 0.400. The normalized spacial score (nSPS) is 14.3. The SMILES string of the molecule is CN(C)CCN(C)c1cc(-c2ccc(CN3CCC(c4nc(-c5ccccn5)n[nH]4)CC3)cc2)c(-c2ccccc2)cn1. The third-order valence-corrected chi connectivity index (χ3v) is 8.29. The number of rotatable bonds is 10. The number of nitrogens with zero attached hydrogens (tertiary/aromatic N) is 7. The predicted octanol–water partition coefficient (Wildman–Crippen LogP) is 5.97. The van der Waals surface area contributed by atoms with E-state index in [1.165, 1.54) is 22.3 Å². The zero-order valence-electron chi connectivity index (χ0n) is 25.3. The minimum absolute atomic E-state index is 0.400. The van der Waals surface area contributed by atoms with Crippen molar-refractivity contribution in [3.05, 3.63) is 103 Å². The molecule has 1 saturated heterocycles. The molecule has 6 rings (SSSR count). The van der Waals surface area contributed by atoms with E-state index in [1.807, 2.05) is 24.4 Å². The lowest BCUT2D eigenvalue weighted by Crippen LogP contribution is -2.32. The van der Waals surface area contributed by atoms with Gasteiger partial charge in [-0.25, -0.2) is 9.97 Å². The van der Waals surface area contributed by atoms with Crippen LogP contribution in [0.3, 0.4) is 0 Å². The summed E-state index contributed by atoms with van der Waals surface area (Å²) in [6.45, 7) is 4.92. The number of H-pyrrole nitrogens is 1. The summed E-state index contributed by atoms with van der Waals surface area (Å²) in [5, 5.41) is 7.59. The summed E-state index contributed by atoms with van der Waals surface area (Å²) in [6.07, 6.45) is 5.93. The molecule has 43 heavy (non-hydrogen) atoms. The lowest BCUT2D eigenvalue weighted by Gasteiger charge is -2.31. The Balaban J connectivity index is 1.13. The summed E-state index contributed by atoms with van der Waals surface area (Å²) in [6, 6.07) is 27.7. The van der Waals surface area contributed by atoms with Crippen LogP contribution in [0.1, 0.15) is 30.1 Å². The van der Waals surface area contributed by atoms with E-state index in [1.54, 1.807) is 6.20 Å². The van der Waals surface area contributed by atoms with E-state index in [0.29, 0.717) is 11.7 Å². The molecule has 0 amide bonds. The average Bonchev–Trinajstić information content (AvgIpc) is 3.55. The lowest BCUT2D eigenvalue weighted by atomic mass is 9.94. The van der Waals surface area contributed by atoms with Gasteiger partial charge in [-0.15, -0.1) is 0 Å². The van der Waals surface area contributed by atoms with Gasteiger partial charge < -0.3 is 9.80 Å². The van der Waals surface area contributed by atoms with Gasteiger partial charge in [0.1, 0.15) is 17.3 Å². The van der Waals surface area contributed by atoms with Gasteiger partial charge in [0.2, 0.25) is 0 Å². The van der Waals surface area contributed by atoms with E-state index < -0.39 is 0 Å². The second kappa shape index (κ2) is 13.3. The minimum Gasteiger partial charge on any atom is -0.358 e. The largest absolute Gasteiger partial charge is 0.358 e. The molecule has 5 aromatic rings. The first-order valence-corrected chi connectivity index (χ1v) is 15.1. The van der Waals surface area contributed by atoms with Crippen molar-refractivity contribution >= 4 is 5.82 Å². The van der Waals surface area contributed by atoms with Crippen molar-refractivity contribution in [3.8, 4) is 33.8 Å². The fraction of sp³-hybridized carbons (Fsp3) is 0.314. The van der Waals surface area contributed by atoms with Crippen molar-refractivity contribution in [3.63, 3.8) is 0 Å². The number of hydrogen-bond acceptors (Lipinski definition) is 7. The fourth-order valence-corrected chi connectivity index (χ4v) is 5.68. The number of likely N-dealkylation sites (N-methyl/N-ethyl adjacent to an activating group) is 2. The number of anilines is 1. The zero-order valence-corrected chi connectivity index (χ0v) is 25.3. The highest BCUT2D eigenvalue weighted by Crippen LogP contribution is 2.34. The Morgan fingerprint density at radius 2 is 1.56 bits per heavy atom. The summed E-state index contributed by atoms with van der Waals surface area (Å²) in [5.41, 5.74) is 6.88. The molecule has 1 N–H and O–H groups in total. The smallest absolute Gasteiger partial charge is 0.199 e. The van der Waals surface area contributed by atoms with Crippen LogP contribution in [0.5, 0.6) is 0 Å². The summed E-state index contributed by atoms with van der Waals surface area (Å²) in [7, 11) is 6.32. The van der Waals surface area contributed by atoms with Crippen molar-refractivity contribution in [1.29, 1.82) is 0 Å². The van der Waals surface area contributed by atoms with Gasteiger partial charge in [0.15, 0.2) is 5.82 Å². The second-order valence-corrected chi connectivity index (χ2v) is 11.7. The number of benzene rings is 2. The molecule has 220 valence electrons. The van der Waals surface area contributed by atoms with Gasteiger partial charge in [-0.1, -0.05) is 60.7 Å². The molecule has 0 atom stereocenters. The van der Waals surface area contributed by atoms with Crippen LogP contribution < -0.4 is 4.90 Å². The first kappa shape index (κ1) is 28.7. The van der Waals surface area contributed by atoms with Crippen molar-refractivity contribution < 1.29 is 0 Å². The highest BCUT2D eigenvalue weighted by atomic mass is 15.2. The van der Waals surface area contributed by atoms with Crippen LogP contribution in [-0.2, 0) is 6.54 Å². The number of aromatic nitrogens is 5. The molecule has 0 spiro atoms. The Hall–Kier alpha value is -4.40. The molecule has 0 saturated carbocycles. The molecule has 4 heterocycles. The van der Waals surface area contributed by atoms with Crippen LogP contribution in [-0.4, -0.2) is 82.3 Å². The van der Waals surface area contributed by atoms with Gasteiger partial charge >= 0.3 is 0 Å². The third-order valence-electron chi connectivity index (χ3n) is 8.29. The first-order valence-electron chi connectivity index (χ1n) is 15.1. The first-order chi connectivity index (χ1) is 21.0. The highest BCUT2D eigenvalue weighted by molar-refractivity contribution is 5.84. The summed E-state index contributed by atoms with van der Waals surface area (Å²) >= 11 is 0. The highest BCUT2D eigenvalue weighted by Gasteiger charge is 2.24. The van der Waals surface area contributed by atoms with Gasteiger partial charge in [-0.3, -0.25) is 15.0 Å². The van der Waals surface area contributed by atoms with E-state index in [0.717, 1.165) is 68.5 Å². The van der Waals surface area contributed by atoms with Crippen molar-refractivity contribution in [2.75, 3.05) is 52.2 Å². The maximum atomic E-state index is 4.85. The average molecular weight is 573 g/mol. The number of likely N-dealkylation sites (tertiary alicyclic amines) is 1. The Kier molecular flexibility index (Phi) is 8.86. The molecule has 8 nitrogen and oxygen atoms in total. The molecule has 0 aliphatic carbocycles. The van der Waals surface area contributed by atoms with Gasteiger partial charge in [0.05, 0.1) is 0 Å². The number of pyridine rings is 2. The standard InChI is InChI=1S/C35H40N8/c1-41(2)21-22-42(3)33-23-30(31(24-37-33)27-9-5-4-6-10-27)28-14-12-26(13-15-28)25-43-19-16-29(17-20-43)34-38-35(40-39-34)32-11-7-8-18-36-32/h4-15,18,23-24,29H,16-17,19-22,25H2,1-3H3,(H,38,39,40). The topological polar surface area (TPSA) is 77.1 Å². The Morgan fingerprint density at radius 1 is 0.814 bits per heavy atom. The number of hydrogen-bond donors (Lipinski definition) is 1. The summed E-state index contributed by atoms with van der Waals surface area (Å²) in [4.78, 5) is 21.0. The van der Waals surface area contributed by atoms with E-state index >= 15 is 0 Å². The zero-order chi connectivity index (χ0) is 29.6. The molecule has 0 bridgehead atoms.